The van der Waals surface area contributed by atoms with Crippen LogP contribution in [0.15, 0.2) is 47.4 Å². The van der Waals surface area contributed by atoms with Crippen molar-refractivity contribution < 1.29 is 23.2 Å². The second kappa shape index (κ2) is 6.02. The van der Waals surface area contributed by atoms with Crippen molar-refractivity contribution in [3.8, 4) is 0 Å². The molecule has 23 heavy (non-hydrogen) atoms. The van der Waals surface area contributed by atoms with Crippen LogP contribution in [0.1, 0.15) is 10.4 Å². The molecule has 9 nitrogen and oxygen atoms in total. The molecule has 4 N–H and O–H groups in total. The van der Waals surface area contributed by atoms with Gasteiger partial charge in [-0.05, 0) is 18.2 Å². The summed E-state index contributed by atoms with van der Waals surface area (Å²) in [5, 5.41) is 27.9. The van der Waals surface area contributed by atoms with Crippen molar-refractivity contribution in [2.45, 2.75) is 4.90 Å². The molecule has 2 aromatic carbocycles. The van der Waals surface area contributed by atoms with Crippen LogP contribution in [0.25, 0.3) is 0 Å². The summed E-state index contributed by atoms with van der Waals surface area (Å²) in [6.45, 7) is 0. The second-order valence-electron chi connectivity index (χ2n) is 4.47. The third kappa shape index (κ3) is 3.62. The number of para-hydroxylation sites is 1. The third-order valence-corrected chi connectivity index (χ3v) is 3.81. The van der Waals surface area contributed by atoms with Crippen LogP contribution >= 0.6 is 0 Å². The van der Waals surface area contributed by atoms with Crippen molar-refractivity contribution in [3.05, 3.63) is 58.1 Å². The first-order valence-corrected chi connectivity index (χ1v) is 7.65. The maximum atomic E-state index is 11.7. The van der Waals surface area contributed by atoms with Crippen LogP contribution in [0.2, 0.25) is 0 Å². The third-order valence-electron chi connectivity index (χ3n) is 2.87. The van der Waals surface area contributed by atoms with Gasteiger partial charge in [-0.1, -0.05) is 18.2 Å². The van der Waals surface area contributed by atoms with E-state index in [0.29, 0.717) is 5.69 Å². The number of anilines is 2. The molecule has 0 saturated heterocycles. The average Bonchev–Trinajstić information content (AvgIpc) is 2.46. The number of nitro benzene ring substituents is 1. The van der Waals surface area contributed by atoms with Gasteiger partial charge >= 0.3 is 5.97 Å². The minimum Gasteiger partial charge on any atom is -0.478 e. The van der Waals surface area contributed by atoms with Crippen LogP contribution in [0.3, 0.4) is 0 Å². The molecule has 0 fully saturated rings. The summed E-state index contributed by atoms with van der Waals surface area (Å²) >= 11 is 0. The molecule has 10 heteroatoms. The van der Waals surface area contributed by atoms with E-state index in [0.717, 1.165) is 12.1 Å². The molecule has 0 spiro atoms. The van der Waals surface area contributed by atoms with Gasteiger partial charge in [-0.3, -0.25) is 10.1 Å². The molecule has 0 radical (unpaired) electrons. The molecule has 120 valence electrons. The Morgan fingerprint density at radius 3 is 2.30 bits per heavy atom. The van der Waals surface area contributed by atoms with Crippen LogP contribution in [-0.2, 0) is 10.0 Å². The molecule has 0 saturated carbocycles. The summed E-state index contributed by atoms with van der Waals surface area (Å²) in [5.41, 5.74) is -1.28. The van der Waals surface area contributed by atoms with Crippen molar-refractivity contribution in [2.75, 3.05) is 5.32 Å². The van der Waals surface area contributed by atoms with Crippen molar-refractivity contribution >= 4 is 33.1 Å². The number of nitrogens with zero attached hydrogens (tertiary/aromatic N) is 1. The predicted octanol–water partition coefficient (Wildman–Crippen LogP) is 1.68. The number of carbonyl (C=O) groups is 1. The van der Waals surface area contributed by atoms with Gasteiger partial charge in [-0.2, -0.15) is 0 Å². The zero-order valence-corrected chi connectivity index (χ0v) is 12.3. The lowest BCUT2D eigenvalue weighted by Gasteiger charge is -2.12. The first-order valence-electron chi connectivity index (χ1n) is 6.11. The van der Waals surface area contributed by atoms with Gasteiger partial charge in [0.05, 0.1) is 10.5 Å². The highest BCUT2D eigenvalue weighted by Crippen LogP contribution is 2.35. The molecule has 0 heterocycles. The first kappa shape index (κ1) is 16.4. The number of sulfonamides is 1. The van der Waals surface area contributed by atoms with E-state index >= 15 is 0 Å². The lowest BCUT2D eigenvalue weighted by molar-refractivity contribution is -0.384. The monoisotopic (exact) mass is 337 g/mol. The molecule has 2 aromatic rings. The minimum atomic E-state index is -4.40. The summed E-state index contributed by atoms with van der Waals surface area (Å²) < 4.78 is 23.4. The standard InChI is InChI=1S/C13H11N3O6S/c14-23(21,22)11-7-8(13(17)18)6-10(16(19)20)12(11)15-9-4-2-1-3-5-9/h1-7,15H,(H,17,18)(H2,14,21,22). The molecule has 0 aliphatic carbocycles. The maximum Gasteiger partial charge on any atom is 0.335 e. The first-order chi connectivity index (χ1) is 10.7. The molecule has 0 aliphatic rings. The lowest BCUT2D eigenvalue weighted by atomic mass is 10.1. The van der Waals surface area contributed by atoms with E-state index in [-0.39, 0.29) is 0 Å². The van der Waals surface area contributed by atoms with E-state index < -0.39 is 42.7 Å². The Bertz CT molecular complexity index is 880. The predicted molar refractivity (Wildman–Crippen MR) is 81.2 cm³/mol. The topological polar surface area (TPSA) is 153 Å². The van der Waals surface area contributed by atoms with Gasteiger partial charge in [0.25, 0.3) is 5.69 Å². The number of rotatable bonds is 5. The molecule has 0 aliphatic heterocycles. The Kier molecular flexibility index (Phi) is 4.29. The van der Waals surface area contributed by atoms with Crippen molar-refractivity contribution in [3.63, 3.8) is 0 Å². The zero-order valence-electron chi connectivity index (χ0n) is 11.5. The number of carboxylic acids is 1. The Balaban J connectivity index is 2.76. The number of carboxylic acid groups (broad SMARTS) is 1. The number of nitrogens with one attached hydrogen (secondary N) is 1. The number of hydrogen-bond donors (Lipinski definition) is 3. The summed E-state index contributed by atoms with van der Waals surface area (Å²) in [7, 11) is -4.40. The fourth-order valence-electron chi connectivity index (χ4n) is 1.88. The number of aromatic carboxylic acids is 1. The average molecular weight is 337 g/mol. The molecule has 0 atom stereocenters. The maximum absolute atomic E-state index is 11.7. The Morgan fingerprint density at radius 1 is 1.22 bits per heavy atom. The normalized spacial score (nSPS) is 11.0. The van der Waals surface area contributed by atoms with Gasteiger partial charge in [0.2, 0.25) is 10.0 Å². The van der Waals surface area contributed by atoms with Gasteiger partial charge in [0.15, 0.2) is 0 Å². The van der Waals surface area contributed by atoms with Gasteiger partial charge in [-0.15, -0.1) is 0 Å². The number of hydrogen-bond acceptors (Lipinski definition) is 6. The van der Waals surface area contributed by atoms with Crippen LogP contribution in [0.5, 0.6) is 0 Å². The highest BCUT2D eigenvalue weighted by Gasteiger charge is 2.27. The van der Waals surface area contributed by atoms with Crippen LogP contribution < -0.4 is 10.5 Å². The summed E-state index contributed by atoms with van der Waals surface area (Å²) in [4.78, 5) is 20.7. The molecule has 2 rings (SSSR count). The molecule has 0 amide bonds. The smallest absolute Gasteiger partial charge is 0.335 e. The molecular weight excluding hydrogens is 326 g/mol. The van der Waals surface area contributed by atoms with E-state index in [4.69, 9.17) is 10.2 Å². The fourth-order valence-corrected chi connectivity index (χ4v) is 2.62. The summed E-state index contributed by atoms with van der Waals surface area (Å²) in [6.07, 6.45) is 0. The highest BCUT2D eigenvalue weighted by molar-refractivity contribution is 7.89. The number of nitro groups is 1. The van der Waals surface area contributed by atoms with Gasteiger partial charge in [0, 0.05) is 11.8 Å². The Morgan fingerprint density at radius 2 is 1.83 bits per heavy atom. The van der Waals surface area contributed by atoms with Crippen molar-refractivity contribution in [1.82, 2.24) is 0 Å². The molecular formula is C13H11N3O6S. The number of primary sulfonamides is 1. The molecule has 0 aromatic heterocycles. The van der Waals surface area contributed by atoms with Gasteiger partial charge in [0.1, 0.15) is 10.6 Å². The van der Waals surface area contributed by atoms with Crippen LogP contribution in [-0.4, -0.2) is 24.4 Å². The van der Waals surface area contributed by atoms with E-state index in [1.807, 2.05) is 0 Å². The van der Waals surface area contributed by atoms with E-state index in [1.165, 1.54) is 0 Å². The fraction of sp³-hybridized carbons (Fsp3) is 0. The highest BCUT2D eigenvalue weighted by atomic mass is 32.2. The number of benzene rings is 2. The Labute approximate surface area is 130 Å². The van der Waals surface area contributed by atoms with Crippen molar-refractivity contribution in [2.24, 2.45) is 5.14 Å². The Hall–Kier alpha value is -2.98. The van der Waals surface area contributed by atoms with Gasteiger partial charge < -0.3 is 10.4 Å². The van der Waals surface area contributed by atoms with E-state index in [2.05, 4.69) is 5.32 Å². The largest absolute Gasteiger partial charge is 0.478 e. The van der Waals surface area contributed by atoms with E-state index in [9.17, 15) is 23.3 Å². The molecule has 0 bridgehead atoms. The lowest BCUT2D eigenvalue weighted by Crippen LogP contribution is -2.16. The zero-order chi connectivity index (χ0) is 17.2. The van der Waals surface area contributed by atoms with Crippen LogP contribution in [0, 0.1) is 10.1 Å². The molecule has 0 unspecified atom stereocenters. The van der Waals surface area contributed by atoms with E-state index in [1.54, 1.807) is 30.3 Å². The van der Waals surface area contributed by atoms with Crippen molar-refractivity contribution in [1.29, 1.82) is 0 Å². The quantitative estimate of drug-likeness (QED) is 0.554. The van der Waals surface area contributed by atoms with Crippen LogP contribution in [0.4, 0.5) is 17.1 Å². The minimum absolute atomic E-state index is 0.378. The SMILES string of the molecule is NS(=O)(=O)c1cc(C(=O)O)cc([N+](=O)[O-])c1Nc1ccccc1. The number of nitrogens with two attached hydrogens (primary N) is 1. The second-order valence-corrected chi connectivity index (χ2v) is 6.00. The summed E-state index contributed by atoms with van der Waals surface area (Å²) in [6, 6.07) is 9.63. The van der Waals surface area contributed by atoms with Gasteiger partial charge in [-0.25, -0.2) is 18.4 Å². The summed E-state index contributed by atoms with van der Waals surface area (Å²) in [5.74, 6) is -1.51.